The van der Waals surface area contributed by atoms with E-state index in [-0.39, 0.29) is 0 Å². The minimum Gasteiger partial charge on any atom is -0.330 e. The van der Waals surface area contributed by atoms with E-state index < -0.39 is 0 Å². The van der Waals surface area contributed by atoms with E-state index in [2.05, 4.69) is 44.6 Å². The third-order valence-electron chi connectivity index (χ3n) is 3.29. The molecule has 0 radical (unpaired) electrons. The molecule has 0 aliphatic heterocycles. The molecule has 18 heavy (non-hydrogen) atoms. The number of aryl methyl sites for hydroxylation is 2. The van der Waals surface area contributed by atoms with Gasteiger partial charge in [-0.2, -0.15) is 11.8 Å². The number of rotatable bonds is 6. The van der Waals surface area contributed by atoms with Gasteiger partial charge in [0.2, 0.25) is 0 Å². The molecule has 0 spiro atoms. The number of nitrogens with zero attached hydrogens (tertiary/aromatic N) is 2. The first-order valence-corrected chi connectivity index (χ1v) is 7.70. The van der Waals surface area contributed by atoms with E-state index >= 15 is 0 Å². The first-order chi connectivity index (χ1) is 8.49. The summed E-state index contributed by atoms with van der Waals surface area (Å²) >= 11 is 1.92. The van der Waals surface area contributed by atoms with Crippen molar-refractivity contribution in [1.82, 2.24) is 9.97 Å². The fourth-order valence-electron chi connectivity index (χ4n) is 2.02. The lowest BCUT2D eigenvalue weighted by molar-refractivity contribution is 0.736. The predicted octanol–water partition coefficient (Wildman–Crippen LogP) is 3.19. The summed E-state index contributed by atoms with van der Waals surface area (Å²) in [5.41, 5.74) is 9.12. The van der Waals surface area contributed by atoms with Crippen LogP contribution in [0.15, 0.2) is 0 Å². The summed E-state index contributed by atoms with van der Waals surface area (Å²) in [6, 6.07) is 0. The second-order valence-electron chi connectivity index (χ2n) is 4.89. The summed E-state index contributed by atoms with van der Waals surface area (Å²) in [6.07, 6.45) is 1.19. The van der Waals surface area contributed by atoms with Gasteiger partial charge in [0.25, 0.3) is 0 Å². The van der Waals surface area contributed by atoms with Gasteiger partial charge in [-0.05, 0) is 38.3 Å². The lowest BCUT2D eigenvalue weighted by atomic mass is 9.98. The van der Waals surface area contributed by atoms with E-state index in [0.29, 0.717) is 17.7 Å². The van der Waals surface area contributed by atoms with Crippen molar-refractivity contribution in [3.8, 4) is 0 Å². The molecule has 4 heteroatoms. The molecule has 0 saturated carbocycles. The van der Waals surface area contributed by atoms with Crippen LogP contribution in [0.3, 0.4) is 0 Å². The highest BCUT2D eigenvalue weighted by atomic mass is 32.2. The molecule has 0 fully saturated rings. The van der Waals surface area contributed by atoms with Crippen molar-refractivity contribution >= 4 is 11.8 Å². The zero-order valence-electron chi connectivity index (χ0n) is 12.2. The number of hydrogen-bond acceptors (Lipinski definition) is 4. The molecular formula is C14H25N3S. The minimum absolute atomic E-state index is 0.335. The maximum Gasteiger partial charge on any atom is 0.138 e. The summed E-state index contributed by atoms with van der Waals surface area (Å²) in [5, 5.41) is 0.664. The van der Waals surface area contributed by atoms with Gasteiger partial charge in [0.1, 0.15) is 5.82 Å². The van der Waals surface area contributed by atoms with Crippen molar-refractivity contribution < 1.29 is 0 Å². The van der Waals surface area contributed by atoms with E-state index in [9.17, 15) is 0 Å². The quantitative estimate of drug-likeness (QED) is 0.860. The van der Waals surface area contributed by atoms with Crippen LogP contribution in [0.4, 0.5) is 0 Å². The third-order valence-corrected chi connectivity index (χ3v) is 4.62. The standard InChI is InChI=1S/C14H25N3S/c1-6-10(3)18-8-13-16-11(4)14(9(2)7-15)12(5)17-13/h9-10H,6-8,15H2,1-5H3. The molecule has 0 amide bonds. The average molecular weight is 267 g/mol. The minimum atomic E-state index is 0.335. The molecule has 0 saturated heterocycles. The smallest absolute Gasteiger partial charge is 0.138 e. The van der Waals surface area contributed by atoms with Gasteiger partial charge in [-0.15, -0.1) is 0 Å². The maximum absolute atomic E-state index is 5.74. The molecule has 1 heterocycles. The molecule has 1 rings (SSSR count). The summed E-state index contributed by atoms with van der Waals surface area (Å²) < 4.78 is 0. The number of hydrogen-bond donors (Lipinski definition) is 1. The average Bonchev–Trinajstić information content (AvgIpc) is 2.34. The Hall–Kier alpha value is -0.610. The van der Waals surface area contributed by atoms with Crippen LogP contribution in [0, 0.1) is 13.8 Å². The summed E-state index contributed by atoms with van der Waals surface area (Å²) in [5.74, 6) is 2.18. The molecular weight excluding hydrogens is 242 g/mol. The van der Waals surface area contributed by atoms with Crippen molar-refractivity contribution in [2.45, 2.75) is 58.0 Å². The largest absolute Gasteiger partial charge is 0.330 e. The third kappa shape index (κ3) is 3.95. The molecule has 0 aliphatic rings. The van der Waals surface area contributed by atoms with Gasteiger partial charge in [-0.3, -0.25) is 0 Å². The van der Waals surface area contributed by atoms with E-state index in [0.717, 1.165) is 23.0 Å². The van der Waals surface area contributed by atoms with Crippen molar-refractivity contribution in [1.29, 1.82) is 0 Å². The molecule has 0 bridgehead atoms. The Labute approximate surface area is 115 Å². The normalized spacial score (nSPS) is 14.6. The second-order valence-corrected chi connectivity index (χ2v) is 6.32. The maximum atomic E-state index is 5.74. The molecule has 2 atom stereocenters. The second kappa shape index (κ2) is 7.10. The van der Waals surface area contributed by atoms with Crippen LogP contribution < -0.4 is 5.73 Å². The van der Waals surface area contributed by atoms with E-state index in [4.69, 9.17) is 5.73 Å². The summed E-state index contributed by atoms with van der Waals surface area (Å²) in [6.45, 7) is 11.4. The van der Waals surface area contributed by atoms with Crippen molar-refractivity contribution in [2.24, 2.45) is 5.73 Å². The van der Waals surface area contributed by atoms with Crippen LogP contribution in [0.2, 0.25) is 0 Å². The van der Waals surface area contributed by atoms with Crippen molar-refractivity contribution in [2.75, 3.05) is 6.54 Å². The Kier molecular flexibility index (Phi) is 6.09. The molecule has 1 aromatic rings. The monoisotopic (exact) mass is 267 g/mol. The number of aromatic nitrogens is 2. The lowest BCUT2D eigenvalue weighted by Crippen LogP contribution is -2.14. The first-order valence-electron chi connectivity index (χ1n) is 6.65. The van der Waals surface area contributed by atoms with Gasteiger partial charge in [-0.25, -0.2) is 9.97 Å². The van der Waals surface area contributed by atoms with Gasteiger partial charge in [0.15, 0.2) is 0 Å². The molecule has 0 aliphatic carbocycles. The van der Waals surface area contributed by atoms with Gasteiger partial charge < -0.3 is 5.73 Å². The fourth-order valence-corrected chi connectivity index (χ4v) is 2.82. The molecule has 0 aromatic carbocycles. The van der Waals surface area contributed by atoms with Crippen LogP contribution in [0.1, 0.15) is 55.9 Å². The van der Waals surface area contributed by atoms with Gasteiger partial charge in [0.05, 0.1) is 5.75 Å². The van der Waals surface area contributed by atoms with Gasteiger partial charge >= 0.3 is 0 Å². The highest BCUT2D eigenvalue weighted by molar-refractivity contribution is 7.99. The predicted molar refractivity (Wildman–Crippen MR) is 80.0 cm³/mol. The van der Waals surface area contributed by atoms with E-state index in [1.165, 1.54) is 12.0 Å². The highest BCUT2D eigenvalue weighted by Crippen LogP contribution is 2.23. The summed E-state index contributed by atoms with van der Waals surface area (Å²) in [7, 11) is 0. The van der Waals surface area contributed by atoms with Crippen molar-refractivity contribution in [3.05, 3.63) is 22.8 Å². The summed E-state index contributed by atoms with van der Waals surface area (Å²) in [4.78, 5) is 9.24. The Morgan fingerprint density at radius 2 is 1.72 bits per heavy atom. The van der Waals surface area contributed by atoms with Crippen LogP contribution in [0.5, 0.6) is 0 Å². The van der Waals surface area contributed by atoms with E-state index in [1.807, 2.05) is 11.8 Å². The topological polar surface area (TPSA) is 51.8 Å². The molecule has 102 valence electrons. The van der Waals surface area contributed by atoms with Crippen LogP contribution in [-0.4, -0.2) is 21.8 Å². The van der Waals surface area contributed by atoms with Gasteiger partial charge in [0, 0.05) is 16.6 Å². The Morgan fingerprint density at radius 1 is 1.17 bits per heavy atom. The zero-order chi connectivity index (χ0) is 13.7. The van der Waals surface area contributed by atoms with Crippen LogP contribution in [-0.2, 0) is 5.75 Å². The Morgan fingerprint density at radius 3 is 2.17 bits per heavy atom. The first kappa shape index (κ1) is 15.4. The Bertz CT molecular complexity index is 370. The number of nitrogens with two attached hydrogens (primary N) is 1. The van der Waals surface area contributed by atoms with Gasteiger partial charge in [-0.1, -0.05) is 20.8 Å². The molecule has 1 aromatic heterocycles. The molecule has 3 nitrogen and oxygen atoms in total. The fraction of sp³-hybridized carbons (Fsp3) is 0.714. The molecule has 2 N–H and O–H groups in total. The highest BCUT2D eigenvalue weighted by Gasteiger charge is 2.14. The number of thioether (sulfide) groups is 1. The lowest BCUT2D eigenvalue weighted by Gasteiger charge is -2.16. The van der Waals surface area contributed by atoms with Crippen molar-refractivity contribution in [3.63, 3.8) is 0 Å². The SMILES string of the molecule is CCC(C)SCc1nc(C)c(C(C)CN)c(C)n1. The van der Waals surface area contributed by atoms with Crippen LogP contribution in [0.25, 0.3) is 0 Å². The van der Waals surface area contributed by atoms with E-state index in [1.54, 1.807) is 0 Å². The molecule has 2 unspecified atom stereocenters. The van der Waals surface area contributed by atoms with Crippen LogP contribution >= 0.6 is 11.8 Å². The Balaban J connectivity index is 2.86. The zero-order valence-corrected chi connectivity index (χ0v) is 13.0.